The second-order valence-electron chi connectivity index (χ2n) is 5.04. The number of benzene rings is 1. The molecule has 96 valence electrons. The molecule has 1 aliphatic heterocycles. The summed E-state index contributed by atoms with van der Waals surface area (Å²) in [5, 5.41) is 9.24. The predicted molar refractivity (Wildman–Crippen MR) is 72.7 cm³/mol. The van der Waals surface area contributed by atoms with Crippen LogP contribution in [0.25, 0.3) is 0 Å². The number of nitrogens with zero attached hydrogens (tertiary/aromatic N) is 2. The van der Waals surface area contributed by atoms with Crippen LogP contribution in [0.15, 0.2) is 18.2 Å². The fourth-order valence-electron chi connectivity index (χ4n) is 2.67. The molecule has 1 aromatic rings. The van der Waals surface area contributed by atoms with E-state index in [1.54, 1.807) is 7.11 Å². The van der Waals surface area contributed by atoms with Crippen LogP contribution < -0.4 is 4.90 Å². The molecule has 0 saturated carbocycles. The number of piperidine rings is 1. The lowest BCUT2D eigenvalue weighted by Gasteiger charge is -2.34. The highest BCUT2D eigenvalue weighted by molar-refractivity contribution is 5.60. The Balaban J connectivity index is 2.18. The van der Waals surface area contributed by atoms with Gasteiger partial charge in [0, 0.05) is 20.2 Å². The van der Waals surface area contributed by atoms with Crippen LogP contribution in [0.4, 0.5) is 5.69 Å². The molecule has 0 bridgehead atoms. The molecule has 3 heteroatoms. The molecule has 18 heavy (non-hydrogen) atoms. The Bertz CT molecular complexity index is 448. The first-order chi connectivity index (χ1) is 8.74. The minimum Gasteiger partial charge on any atom is -0.384 e. The third-order valence-electron chi connectivity index (χ3n) is 3.53. The quantitative estimate of drug-likeness (QED) is 0.820. The summed E-state index contributed by atoms with van der Waals surface area (Å²) in [5.41, 5.74) is 3.00. The van der Waals surface area contributed by atoms with Gasteiger partial charge in [-0.25, -0.2) is 0 Å². The number of hydrogen-bond donors (Lipinski definition) is 0. The van der Waals surface area contributed by atoms with Gasteiger partial charge in [0.15, 0.2) is 0 Å². The van der Waals surface area contributed by atoms with E-state index in [-0.39, 0.29) is 0 Å². The third-order valence-corrected chi connectivity index (χ3v) is 3.53. The zero-order valence-corrected chi connectivity index (χ0v) is 11.1. The first-order valence-corrected chi connectivity index (χ1v) is 6.49. The normalized spacial score (nSPS) is 19.6. The van der Waals surface area contributed by atoms with E-state index in [1.165, 1.54) is 12.8 Å². The van der Waals surface area contributed by atoms with Crippen molar-refractivity contribution < 1.29 is 4.74 Å². The number of nitriles is 1. The van der Waals surface area contributed by atoms with Gasteiger partial charge in [-0.1, -0.05) is 6.07 Å². The summed E-state index contributed by atoms with van der Waals surface area (Å²) >= 11 is 0. The molecule has 1 unspecified atom stereocenters. The van der Waals surface area contributed by atoms with Crippen molar-refractivity contribution in [1.29, 1.82) is 5.26 Å². The first-order valence-electron chi connectivity index (χ1n) is 6.49. The molecule has 0 amide bonds. The lowest BCUT2D eigenvalue weighted by molar-refractivity contribution is 0.143. The van der Waals surface area contributed by atoms with Gasteiger partial charge < -0.3 is 9.64 Å². The predicted octanol–water partition coefficient (Wildman–Crippen LogP) is 2.73. The van der Waals surface area contributed by atoms with Gasteiger partial charge in [0.05, 0.1) is 17.9 Å². The molecule has 0 radical (unpaired) electrons. The Kier molecular flexibility index (Phi) is 4.22. The zero-order chi connectivity index (χ0) is 13.0. The number of aryl methyl sites for hydroxylation is 1. The van der Waals surface area contributed by atoms with E-state index in [0.29, 0.717) is 5.92 Å². The Labute approximate surface area is 109 Å². The maximum atomic E-state index is 9.24. The van der Waals surface area contributed by atoms with Crippen LogP contribution in [-0.2, 0) is 4.74 Å². The van der Waals surface area contributed by atoms with Crippen LogP contribution in [-0.4, -0.2) is 26.8 Å². The van der Waals surface area contributed by atoms with Gasteiger partial charge in [0.25, 0.3) is 0 Å². The molecule has 0 aliphatic carbocycles. The van der Waals surface area contributed by atoms with E-state index in [0.717, 1.165) is 36.5 Å². The van der Waals surface area contributed by atoms with Crippen LogP contribution in [0.1, 0.15) is 24.0 Å². The van der Waals surface area contributed by atoms with Gasteiger partial charge >= 0.3 is 0 Å². The zero-order valence-electron chi connectivity index (χ0n) is 11.1. The van der Waals surface area contributed by atoms with Crippen molar-refractivity contribution in [2.75, 3.05) is 31.7 Å². The lowest BCUT2D eigenvalue weighted by Crippen LogP contribution is -2.37. The van der Waals surface area contributed by atoms with Crippen molar-refractivity contribution in [1.82, 2.24) is 0 Å². The Morgan fingerprint density at radius 2 is 2.33 bits per heavy atom. The molecular formula is C15H20N2O. The SMILES string of the molecule is COCC1CCCN(c2ccc(C)cc2C#N)C1. The van der Waals surface area contributed by atoms with Crippen molar-refractivity contribution in [3.05, 3.63) is 29.3 Å². The first kappa shape index (κ1) is 12.9. The molecule has 0 N–H and O–H groups in total. The lowest BCUT2D eigenvalue weighted by atomic mass is 9.97. The summed E-state index contributed by atoms with van der Waals surface area (Å²) in [6, 6.07) is 8.43. The van der Waals surface area contributed by atoms with E-state index < -0.39 is 0 Å². The molecule has 2 rings (SSSR count). The number of hydrogen-bond acceptors (Lipinski definition) is 3. The second kappa shape index (κ2) is 5.88. The topological polar surface area (TPSA) is 36.3 Å². The average Bonchev–Trinajstić information content (AvgIpc) is 2.39. The van der Waals surface area contributed by atoms with Crippen molar-refractivity contribution in [2.45, 2.75) is 19.8 Å². The minimum atomic E-state index is 0.580. The van der Waals surface area contributed by atoms with Crippen LogP contribution in [0.3, 0.4) is 0 Å². The van der Waals surface area contributed by atoms with Crippen LogP contribution in [0.2, 0.25) is 0 Å². The van der Waals surface area contributed by atoms with Gasteiger partial charge in [-0.2, -0.15) is 5.26 Å². The molecule has 0 spiro atoms. The largest absolute Gasteiger partial charge is 0.384 e. The van der Waals surface area contributed by atoms with E-state index in [1.807, 2.05) is 13.0 Å². The molecule has 1 aliphatic rings. The van der Waals surface area contributed by atoms with Crippen LogP contribution in [0.5, 0.6) is 0 Å². The third kappa shape index (κ3) is 2.83. The summed E-state index contributed by atoms with van der Waals surface area (Å²) in [6.45, 7) is 4.86. The van der Waals surface area contributed by atoms with E-state index in [2.05, 4.69) is 23.1 Å². The van der Waals surface area contributed by atoms with Gasteiger partial charge in [-0.15, -0.1) is 0 Å². The Morgan fingerprint density at radius 3 is 3.06 bits per heavy atom. The molecule has 1 fully saturated rings. The summed E-state index contributed by atoms with van der Waals surface area (Å²) < 4.78 is 5.25. The number of rotatable bonds is 3. The van der Waals surface area contributed by atoms with Gasteiger partial charge in [-0.3, -0.25) is 0 Å². The second-order valence-corrected chi connectivity index (χ2v) is 5.04. The maximum absolute atomic E-state index is 9.24. The Morgan fingerprint density at radius 1 is 1.50 bits per heavy atom. The minimum absolute atomic E-state index is 0.580. The van der Waals surface area contributed by atoms with Gasteiger partial charge in [0.2, 0.25) is 0 Å². The smallest absolute Gasteiger partial charge is 0.101 e. The van der Waals surface area contributed by atoms with Crippen LogP contribution in [0, 0.1) is 24.2 Å². The van der Waals surface area contributed by atoms with E-state index in [4.69, 9.17) is 4.74 Å². The van der Waals surface area contributed by atoms with Crippen molar-refractivity contribution in [3.63, 3.8) is 0 Å². The number of anilines is 1. The maximum Gasteiger partial charge on any atom is 0.101 e. The van der Waals surface area contributed by atoms with Crippen molar-refractivity contribution in [3.8, 4) is 6.07 Å². The molecule has 3 nitrogen and oxygen atoms in total. The highest BCUT2D eigenvalue weighted by Crippen LogP contribution is 2.26. The summed E-state index contributed by atoms with van der Waals surface area (Å²) in [4.78, 5) is 2.32. The van der Waals surface area contributed by atoms with Gasteiger partial charge in [0.1, 0.15) is 6.07 Å². The number of ether oxygens (including phenoxy) is 1. The monoisotopic (exact) mass is 244 g/mol. The summed E-state index contributed by atoms with van der Waals surface area (Å²) in [5.74, 6) is 0.580. The highest BCUT2D eigenvalue weighted by Gasteiger charge is 2.21. The fraction of sp³-hybridized carbons (Fsp3) is 0.533. The fourth-order valence-corrected chi connectivity index (χ4v) is 2.67. The molecular weight excluding hydrogens is 224 g/mol. The van der Waals surface area contributed by atoms with Crippen LogP contribution >= 0.6 is 0 Å². The highest BCUT2D eigenvalue weighted by atomic mass is 16.5. The average molecular weight is 244 g/mol. The summed E-state index contributed by atoms with van der Waals surface area (Å²) in [7, 11) is 1.76. The molecule has 0 aromatic heterocycles. The van der Waals surface area contributed by atoms with E-state index in [9.17, 15) is 5.26 Å². The standard InChI is InChI=1S/C15H20N2O/c1-12-5-6-15(14(8-12)9-16)17-7-3-4-13(10-17)11-18-2/h5-6,8,13H,3-4,7,10-11H2,1-2H3. The van der Waals surface area contributed by atoms with Crippen molar-refractivity contribution in [2.24, 2.45) is 5.92 Å². The molecule has 1 saturated heterocycles. The molecule has 1 heterocycles. The number of methoxy groups -OCH3 is 1. The molecule has 1 atom stereocenters. The summed E-state index contributed by atoms with van der Waals surface area (Å²) in [6.07, 6.45) is 2.39. The van der Waals surface area contributed by atoms with E-state index >= 15 is 0 Å². The Hall–Kier alpha value is -1.53. The molecule has 1 aromatic carbocycles. The van der Waals surface area contributed by atoms with Gasteiger partial charge in [-0.05, 0) is 43.4 Å². The van der Waals surface area contributed by atoms with Crippen molar-refractivity contribution >= 4 is 5.69 Å².